The van der Waals surface area contributed by atoms with Gasteiger partial charge in [0, 0.05) is 23.0 Å². The smallest absolute Gasteiger partial charge is 0.258 e. The highest BCUT2D eigenvalue weighted by Gasteiger charge is 2.49. The Labute approximate surface area is 196 Å². The molecule has 0 saturated heterocycles. The first-order chi connectivity index (χ1) is 15.3. The van der Waals surface area contributed by atoms with Crippen molar-refractivity contribution in [3.63, 3.8) is 0 Å². The van der Waals surface area contributed by atoms with E-state index in [0.29, 0.717) is 23.3 Å². The number of rotatable bonds is 7. The van der Waals surface area contributed by atoms with Gasteiger partial charge in [0.25, 0.3) is 5.91 Å². The van der Waals surface area contributed by atoms with Gasteiger partial charge in [-0.25, -0.2) is 4.39 Å². The van der Waals surface area contributed by atoms with Crippen LogP contribution in [0.1, 0.15) is 37.8 Å². The topological polar surface area (TPSA) is 67.4 Å². The molecule has 0 spiro atoms. The monoisotopic (exact) mass is 478 g/mol. The number of ether oxygens (including phenoxy) is 1. The highest BCUT2D eigenvalue weighted by atomic mass is 35.5. The van der Waals surface area contributed by atoms with E-state index in [1.54, 1.807) is 0 Å². The molecular formula is C24H25Cl2FN2O3. The van der Waals surface area contributed by atoms with E-state index in [2.05, 4.69) is 10.6 Å². The molecular weight excluding hydrogens is 454 g/mol. The van der Waals surface area contributed by atoms with E-state index in [-0.39, 0.29) is 47.2 Å². The summed E-state index contributed by atoms with van der Waals surface area (Å²) in [5.41, 5.74) is 0.991. The van der Waals surface area contributed by atoms with Gasteiger partial charge in [-0.2, -0.15) is 0 Å². The predicted molar refractivity (Wildman–Crippen MR) is 121 cm³/mol. The van der Waals surface area contributed by atoms with E-state index in [4.69, 9.17) is 27.9 Å². The maximum absolute atomic E-state index is 13.5. The number of hydrogen-bond donors (Lipinski definition) is 2. The molecule has 5 rings (SSSR count). The summed E-state index contributed by atoms with van der Waals surface area (Å²) >= 11 is 11.6. The van der Waals surface area contributed by atoms with Gasteiger partial charge in [0.2, 0.25) is 5.91 Å². The third kappa shape index (κ3) is 5.18. The number of hydrogen-bond acceptors (Lipinski definition) is 3. The van der Waals surface area contributed by atoms with Crippen molar-refractivity contribution < 1.29 is 18.7 Å². The van der Waals surface area contributed by atoms with Gasteiger partial charge in [-0.15, -0.1) is 0 Å². The summed E-state index contributed by atoms with van der Waals surface area (Å²) in [5.74, 6) is -0.0196. The van der Waals surface area contributed by atoms with Gasteiger partial charge in [-0.3, -0.25) is 9.59 Å². The minimum Gasteiger partial charge on any atom is -0.484 e. The van der Waals surface area contributed by atoms with Crippen LogP contribution in [0.15, 0.2) is 42.5 Å². The van der Waals surface area contributed by atoms with Crippen molar-refractivity contribution in [3.8, 4) is 5.75 Å². The zero-order valence-corrected chi connectivity index (χ0v) is 19.1. The molecule has 3 saturated carbocycles. The number of carbonyl (C=O) groups excluding carboxylic acids is 2. The first kappa shape index (κ1) is 22.9. The van der Waals surface area contributed by atoms with Crippen LogP contribution in [0.3, 0.4) is 0 Å². The Balaban J connectivity index is 1.29. The van der Waals surface area contributed by atoms with Crippen LogP contribution in [0, 0.1) is 23.6 Å². The normalized spacial score (nSPS) is 24.8. The SMILES string of the molecule is C[C@H](NC(=O)[C@@H]1C[C@H](NC(=O)COc2ccc(Cl)c(F)c2)C2CC1C2)c1ccc(Cl)cc1. The molecule has 5 nitrogen and oxygen atoms in total. The van der Waals surface area contributed by atoms with E-state index in [0.717, 1.165) is 24.5 Å². The molecule has 0 aliphatic heterocycles. The molecule has 0 aromatic heterocycles. The minimum absolute atomic E-state index is 0.00163. The Morgan fingerprint density at radius 3 is 2.50 bits per heavy atom. The molecule has 8 heteroatoms. The van der Waals surface area contributed by atoms with Gasteiger partial charge in [-0.05, 0) is 67.9 Å². The van der Waals surface area contributed by atoms with E-state index in [1.807, 2.05) is 31.2 Å². The lowest BCUT2D eigenvalue weighted by Crippen LogP contribution is -2.57. The second-order valence-corrected chi connectivity index (χ2v) is 9.50. The quantitative estimate of drug-likeness (QED) is 0.593. The molecule has 170 valence electrons. The summed E-state index contributed by atoms with van der Waals surface area (Å²) in [6, 6.07) is 11.3. The molecule has 3 aliphatic carbocycles. The zero-order valence-electron chi connectivity index (χ0n) is 17.6. The Morgan fingerprint density at radius 1 is 1.09 bits per heavy atom. The van der Waals surface area contributed by atoms with Gasteiger partial charge in [0.15, 0.2) is 6.61 Å². The predicted octanol–water partition coefficient (Wildman–Crippen LogP) is 4.92. The Bertz CT molecular complexity index is 995. The van der Waals surface area contributed by atoms with Gasteiger partial charge in [-0.1, -0.05) is 35.3 Å². The lowest BCUT2D eigenvalue weighted by atomic mass is 9.57. The van der Waals surface area contributed by atoms with Crippen molar-refractivity contribution in [2.75, 3.05) is 6.61 Å². The van der Waals surface area contributed by atoms with Crippen LogP contribution >= 0.6 is 23.2 Å². The fourth-order valence-electron chi connectivity index (χ4n) is 4.64. The minimum atomic E-state index is -0.598. The molecule has 0 heterocycles. The Morgan fingerprint density at radius 2 is 1.81 bits per heavy atom. The molecule has 32 heavy (non-hydrogen) atoms. The van der Waals surface area contributed by atoms with E-state index in [1.165, 1.54) is 12.1 Å². The Kier molecular flexibility index (Phi) is 6.91. The number of nitrogens with one attached hydrogen (secondary N) is 2. The zero-order chi connectivity index (χ0) is 22.8. The van der Waals surface area contributed by atoms with E-state index >= 15 is 0 Å². The first-order valence-electron chi connectivity index (χ1n) is 10.7. The summed E-state index contributed by atoms with van der Waals surface area (Å²) < 4.78 is 18.9. The van der Waals surface area contributed by atoms with Crippen molar-refractivity contribution >= 4 is 35.0 Å². The highest BCUT2D eigenvalue weighted by molar-refractivity contribution is 6.30. The fourth-order valence-corrected chi connectivity index (χ4v) is 4.88. The summed E-state index contributed by atoms with van der Waals surface area (Å²) in [7, 11) is 0. The van der Waals surface area contributed by atoms with E-state index < -0.39 is 5.82 Å². The average molecular weight is 479 g/mol. The van der Waals surface area contributed by atoms with Crippen molar-refractivity contribution in [1.29, 1.82) is 0 Å². The average Bonchev–Trinajstić information content (AvgIpc) is 2.74. The van der Waals surface area contributed by atoms with Gasteiger partial charge >= 0.3 is 0 Å². The van der Waals surface area contributed by atoms with E-state index in [9.17, 15) is 14.0 Å². The number of carbonyl (C=O) groups is 2. The third-order valence-corrected chi connectivity index (χ3v) is 7.09. The summed E-state index contributed by atoms with van der Waals surface area (Å²) in [4.78, 5) is 25.4. The molecule has 2 bridgehead atoms. The number of amides is 2. The molecule has 2 amide bonds. The first-order valence-corrected chi connectivity index (χ1v) is 11.5. The standard InChI is InChI=1S/C24H25Cl2FN2O3/c1-13(14-2-4-17(25)5-3-14)28-24(31)19-11-22(16-8-15(19)9-16)29-23(30)12-32-18-6-7-20(26)21(27)10-18/h2-7,10,13,15-16,19,22H,8-9,11-12H2,1H3,(H,28,31)(H,29,30)/t13-,15?,16?,19+,22-/m0/s1. The van der Waals surface area contributed by atoms with Crippen molar-refractivity contribution in [1.82, 2.24) is 10.6 Å². The van der Waals surface area contributed by atoms with Crippen LogP contribution in [0.4, 0.5) is 4.39 Å². The van der Waals surface area contributed by atoms with Crippen LogP contribution in [-0.2, 0) is 9.59 Å². The molecule has 2 N–H and O–H groups in total. The molecule has 3 aliphatic rings. The van der Waals surface area contributed by atoms with Crippen LogP contribution in [-0.4, -0.2) is 24.5 Å². The van der Waals surface area contributed by atoms with Crippen LogP contribution in [0.25, 0.3) is 0 Å². The molecule has 0 unspecified atom stereocenters. The maximum atomic E-state index is 13.5. The number of halogens is 3. The summed E-state index contributed by atoms with van der Waals surface area (Å²) in [6.45, 7) is 1.72. The lowest BCUT2D eigenvalue weighted by molar-refractivity contribution is -0.136. The summed E-state index contributed by atoms with van der Waals surface area (Å²) in [5, 5.41) is 6.76. The van der Waals surface area contributed by atoms with Crippen LogP contribution in [0.5, 0.6) is 5.75 Å². The van der Waals surface area contributed by atoms with Crippen molar-refractivity contribution in [3.05, 3.63) is 63.9 Å². The molecule has 2 aromatic rings. The largest absolute Gasteiger partial charge is 0.484 e. The third-order valence-electron chi connectivity index (χ3n) is 6.53. The van der Waals surface area contributed by atoms with Gasteiger partial charge < -0.3 is 15.4 Å². The lowest BCUT2D eigenvalue weighted by Gasteiger charge is -2.50. The maximum Gasteiger partial charge on any atom is 0.258 e. The summed E-state index contributed by atoms with van der Waals surface area (Å²) in [6.07, 6.45) is 2.47. The molecule has 3 atom stereocenters. The van der Waals surface area contributed by atoms with Gasteiger partial charge in [0.05, 0.1) is 11.1 Å². The fraction of sp³-hybridized carbons (Fsp3) is 0.417. The Hall–Kier alpha value is -2.31. The molecule has 3 fully saturated rings. The second kappa shape index (κ2) is 9.67. The van der Waals surface area contributed by atoms with Gasteiger partial charge in [0.1, 0.15) is 11.6 Å². The van der Waals surface area contributed by atoms with Crippen LogP contribution in [0.2, 0.25) is 10.0 Å². The number of fused-ring (bicyclic) bond motifs is 2. The highest BCUT2D eigenvalue weighted by Crippen LogP contribution is 2.49. The number of benzene rings is 2. The van der Waals surface area contributed by atoms with Crippen molar-refractivity contribution in [2.24, 2.45) is 17.8 Å². The second-order valence-electron chi connectivity index (χ2n) is 8.65. The van der Waals surface area contributed by atoms with Crippen LogP contribution < -0.4 is 15.4 Å². The molecule has 0 radical (unpaired) electrons. The molecule has 2 aromatic carbocycles. The van der Waals surface area contributed by atoms with Crippen molar-refractivity contribution in [2.45, 2.75) is 38.3 Å².